The molecule has 0 heterocycles. The molecular formula is C16H14ClN3O. The van der Waals surface area contributed by atoms with Crippen LogP contribution in [0.1, 0.15) is 11.1 Å². The van der Waals surface area contributed by atoms with Crippen LogP contribution < -0.4 is 10.6 Å². The molecule has 21 heavy (non-hydrogen) atoms. The zero-order valence-corrected chi connectivity index (χ0v) is 12.2. The van der Waals surface area contributed by atoms with Gasteiger partial charge in [-0.05, 0) is 36.8 Å². The molecule has 2 aromatic rings. The Balaban J connectivity index is 1.96. The smallest absolute Gasteiger partial charge is 0.243 e. The van der Waals surface area contributed by atoms with Gasteiger partial charge in [0.1, 0.15) is 0 Å². The Hall–Kier alpha value is -2.51. The van der Waals surface area contributed by atoms with Crippen LogP contribution >= 0.6 is 11.6 Å². The summed E-state index contributed by atoms with van der Waals surface area (Å²) in [7, 11) is 0. The summed E-state index contributed by atoms with van der Waals surface area (Å²) in [6, 6.07) is 14.5. The van der Waals surface area contributed by atoms with Crippen molar-refractivity contribution in [2.75, 3.05) is 17.2 Å². The number of amides is 1. The van der Waals surface area contributed by atoms with Crippen molar-refractivity contribution in [2.24, 2.45) is 0 Å². The Morgan fingerprint density at radius 1 is 1.24 bits per heavy atom. The molecule has 0 fully saturated rings. The zero-order chi connectivity index (χ0) is 15.2. The minimum absolute atomic E-state index is 0.0972. The van der Waals surface area contributed by atoms with Crippen molar-refractivity contribution in [1.29, 1.82) is 5.26 Å². The Labute approximate surface area is 128 Å². The molecule has 0 spiro atoms. The molecule has 2 rings (SSSR count). The molecule has 4 nitrogen and oxygen atoms in total. The average Bonchev–Trinajstić information content (AvgIpc) is 2.48. The summed E-state index contributed by atoms with van der Waals surface area (Å²) in [5, 5.41) is 15.0. The second-order valence-corrected chi connectivity index (χ2v) is 4.93. The van der Waals surface area contributed by atoms with Gasteiger partial charge in [0.15, 0.2) is 0 Å². The highest BCUT2D eigenvalue weighted by Gasteiger charge is 2.06. The summed E-state index contributed by atoms with van der Waals surface area (Å²) in [5.41, 5.74) is 2.89. The summed E-state index contributed by atoms with van der Waals surface area (Å²) in [6.07, 6.45) is 0. The molecule has 0 aliphatic carbocycles. The van der Waals surface area contributed by atoms with E-state index < -0.39 is 0 Å². The lowest BCUT2D eigenvalue weighted by atomic mass is 10.2. The fourth-order valence-corrected chi connectivity index (χ4v) is 2.06. The first-order valence-corrected chi connectivity index (χ1v) is 6.77. The van der Waals surface area contributed by atoms with Gasteiger partial charge in [-0.2, -0.15) is 5.26 Å². The van der Waals surface area contributed by atoms with Crippen molar-refractivity contribution in [3.05, 3.63) is 58.6 Å². The molecule has 1 amide bonds. The summed E-state index contributed by atoms with van der Waals surface area (Å²) < 4.78 is 0. The predicted molar refractivity (Wildman–Crippen MR) is 84.5 cm³/mol. The summed E-state index contributed by atoms with van der Waals surface area (Å²) in [4.78, 5) is 11.9. The SMILES string of the molecule is Cc1ccccc1NC(=O)CNc1ccc(C#N)cc1Cl. The van der Waals surface area contributed by atoms with E-state index in [-0.39, 0.29) is 12.5 Å². The lowest BCUT2D eigenvalue weighted by molar-refractivity contribution is -0.114. The second kappa shape index (κ2) is 6.78. The number of aryl methyl sites for hydroxylation is 1. The molecule has 0 radical (unpaired) electrons. The van der Waals surface area contributed by atoms with E-state index in [0.29, 0.717) is 16.3 Å². The zero-order valence-electron chi connectivity index (χ0n) is 11.5. The minimum atomic E-state index is -0.162. The maximum absolute atomic E-state index is 11.9. The van der Waals surface area contributed by atoms with Gasteiger partial charge in [-0.1, -0.05) is 29.8 Å². The Morgan fingerprint density at radius 2 is 2.00 bits per heavy atom. The molecule has 0 aromatic heterocycles. The van der Waals surface area contributed by atoms with Gasteiger partial charge in [-0.25, -0.2) is 0 Å². The van der Waals surface area contributed by atoms with E-state index in [4.69, 9.17) is 16.9 Å². The van der Waals surface area contributed by atoms with E-state index in [9.17, 15) is 4.79 Å². The quantitative estimate of drug-likeness (QED) is 0.907. The van der Waals surface area contributed by atoms with Gasteiger partial charge >= 0.3 is 0 Å². The van der Waals surface area contributed by atoms with Crippen molar-refractivity contribution in [1.82, 2.24) is 0 Å². The molecule has 2 aromatic carbocycles. The van der Waals surface area contributed by atoms with E-state index in [1.807, 2.05) is 37.3 Å². The third-order valence-corrected chi connectivity index (χ3v) is 3.27. The molecule has 0 aliphatic rings. The minimum Gasteiger partial charge on any atom is -0.375 e. The molecule has 0 saturated carbocycles. The first-order valence-electron chi connectivity index (χ1n) is 6.39. The number of anilines is 2. The summed E-state index contributed by atoms with van der Waals surface area (Å²) >= 11 is 6.03. The third kappa shape index (κ3) is 3.98. The fraction of sp³-hybridized carbons (Fsp3) is 0.125. The Morgan fingerprint density at radius 3 is 2.67 bits per heavy atom. The lowest BCUT2D eigenvalue weighted by Crippen LogP contribution is -2.22. The van der Waals surface area contributed by atoms with Crippen LogP contribution in [0.25, 0.3) is 0 Å². The molecular weight excluding hydrogens is 286 g/mol. The number of carbonyl (C=O) groups is 1. The highest BCUT2D eigenvalue weighted by Crippen LogP contribution is 2.22. The largest absolute Gasteiger partial charge is 0.375 e. The van der Waals surface area contributed by atoms with Gasteiger partial charge in [0.25, 0.3) is 0 Å². The predicted octanol–water partition coefficient (Wildman–Crippen LogP) is 3.57. The maximum atomic E-state index is 11.9. The van der Waals surface area contributed by atoms with Gasteiger partial charge in [-0.3, -0.25) is 4.79 Å². The van der Waals surface area contributed by atoms with Gasteiger partial charge in [0.05, 0.1) is 28.9 Å². The molecule has 0 aliphatic heterocycles. The first kappa shape index (κ1) is 14.9. The van der Waals surface area contributed by atoms with Crippen LogP contribution in [0.15, 0.2) is 42.5 Å². The number of nitriles is 1. The Bertz CT molecular complexity index is 707. The first-order chi connectivity index (χ1) is 10.1. The number of para-hydroxylation sites is 1. The fourth-order valence-electron chi connectivity index (χ4n) is 1.81. The molecule has 0 atom stereocenters. The van der Waals surface area contributed by atoms with Crippen molar-refractivity contribution in [3.8, 4) is 6.07 Å². The van der Waals surface area contributed by atoms with Crippen molar-refractivity contribution < 1.29 is 4.79 Å². The van der Waals surface area contributed by atoms with E-state index in [1.54, 1.807) is 18.2 Å². The van der Waals surface area contributed by atoms with Gasteiger partial charge in [-0.15, -0.1) is 0 Å². The van der Waals surface area contributed by atoms with Gasteiger partial charge in [0.2, 0.25) is 5.91 Å². The lowest BCUT2D eigenvalue weighted by Gasteiger charge is -2.10. The Kier molecular flexibility index (Phi) is 4.81. The van der Waals surface area contributed by atoms with Crippen LogP contribution in [0, 0.1) is 18.3 Å². The summed E-state index contributed by atoms with van der Waals surface area (Å²) in [6.45, 7) is 2.03. The van der Waals surface area contributed by atoms with Crippen LogP contribution in [0.4, 0.5) is 11.4 Å². The van der Waals surface area contributed by atoms with E-state index >= 15 is 0 Å². The molecule has 0 unspecified atom stereocenters. The van der Waals surface area contributed by atoms with Crippen LogP contribution in [-0.4, -0.2) is 12.5 Å². The number of hydrogen-bond donors (Lipinski definition) is 2. The topological polar surface area (TPSA) is 64.9 Å². The van der Waals surface area contributed by atoms with Crippen molar-refractivity contribution in [2.45, 2.75) is 6.92 Å². The molecule has 0 saturated heterocycles. The summed E-state index contributed by atoms with van der Waals surface area (Å²) in [5.74, 6) is -0.162. The van der Waals surface area contributed by atoms with Crippen LogP contribution in [0.5, 0.6) is 0 Å². The van der Waals surface area contributed by atoms with Crippen molar-refractivity contribution >= 4 is 28.9 Å². The highest BCUT2D eigenvalue weighted by atomic mass is 35.5. The monoisotopic (exact) mass is 299 g/mol. The van der Waals surface area contributed by atoms with E-state index in [0.717, 1.165) is 11.3 Å². The normalized spacial score (nSPS) is 9.76. The van der Waals surface area contributed by atoms with Crippen LogP contribution in [-0.2, 0) is 4.79 Å². The number of benzene rings is 2. The number of nitrogens with zero attached hydrogens (tertiary/aromatic N) is 1. The maximum Gasteiger partial charge on any atom is 0.243 e. The number of rotatable bonds is 4. The molecule has 0 bridgehead atoms. The number of hydrogen-bond acceptors (Lipinski definition) is 3. The van der Waals surface area contributed by atoms with E-state index in [1.165, 1.54) is 0 Å². The van der Waals surface area contributed by atoms with Gasteiger partial charge in [0, 0.05) is 5.69 Å². The van der Waals surface area contributed by atoms with Gasteiger partial charge < -0.3 is 10.6 Å². The van der Waals surface area contributed by atoms with Crippen LogP contribution in [0.2, 0.25) is 5.02 Å². The van der Waals surface area contributed by atoms with Crippen molar-refractivity contribution in [3.63, 3.8) is 0 Å². The van der Waals surface area contributed by atoms with Crippen LogP contribution in [0.3, 0.4) is 0 Å². The molecule has 106 valence electrons. The molecule has 2 N–H and O–H groups in total. The standard InChI is InChI=1S/C16H14ClN3O/c1-11-4-2-3-5-14(11)20-16(21)10-19-15-7-6-12(9-18)8-13(15)17/h2-8,19H,10H2,1H3,(H,20,21). The average molecular weight is 300 g/mol. The number of halogens is 1. The van der Waals surface area contributed by atoms with E-state index in [2.05, 4.69) is 10.6 Å². The number of nitrogens with one attached hydrogen (secondary N) is 2. The molecule has 5 heteroatoms. The third-order valence-electron chi connectivity index (χ3n) is 2.96. The number of carbonyl (C=O) groups excluding carboxylic acids is 1. The highest BCUT2D eigenvalue weighted by molar-refractivity contribution is 6.33. The second-order valence-electron chi connectivity index (χ2n) is 4.52.